The van der Waals surface area contributed by atoms with Crippen molar-refractivity contribution in [2.75, 3.05) is 13.1 Å². The van der Waals surface area contributed by atoms with Gasteiger partial charge >= 0.3 is 0 Å². The van der Waals surface area contributed by atoms with Crippen LogP contribution < -0.4 is 5.32 Å². The third kappa shape index (κ3) is 1.90. The fraction of sp³-hybridized carbons (Fsp3) is 0.750. The molecule has 1 amide bonds. The Balaban J connectivity index is 1.74. The molecule has 1 aromatic rings. The fourth-order valence-electron chi connectivity index (χ4n) is 2.83. The second-order valence-corrected chi connectivity index (χ2v) is 5.38. The molecule has 0 bridgehead atoms. The van der Waals surface area contributed by atoms with Crippen molar-refractivity contribution in [3.05, 3.63) is 12.2 Å². The van der Waals surface area contributed by atoms with Crippen LogP contribution in [-0.4, -0.2) is 44.2 Å². The van der Waals surface area contributed by atoms with Crippen LogP contribution >= 0.6 is 0 Å². The minimum Gasteiger partial charge on any atom is -0.332 e. The molecule has 1 atom stereocenters. The molecule has 1 aromatic heterocycles. The van der Waals surface area contributed by atoms with Gasteiger partial charge in [0, 0.05) is 13.1 Å². The van der Waals surface area contributed by atoms with Crippen LogP contribution in [0.1, 0.15) is 32.0 Å². The molecule has 6 nitrogen and oxygen atoms in total. The SMILES string of the molecule is CC1(C(=O)N2CCn3cnnc3C2)CCCCN1. The van der Waals surface area contributed by atoms with Crippen LogP contribution in [0.15, 0.2) is 6.33 Å². The molecule has 98 valence electrons. The molecule has 3 heterocycles. The van der Waals surface area contributed by atoms with Crippen LogP contribution in [0.2, 0.25) is 0 Å². The van der Waals surface area contributed by atoms with Gasteiger partial charge in [0.25, 0.3) is 0 Å². The van der Waals surface area contributed by atoms with Crippen molar-refractivity contribution >= 4 is 5.91 Å². The Hall–Kier alpha value is -1.43. The zero-order chi connectivity index (χ0) is 12.6. The molecule has 0 aliphatic carbocycles. The summed E-state index contributed by atoms with van der Waals surface area (Å²) in [4.78, 5) is 14.5. The standard InChI is InChI=1S/C12H19N5O/c1-12(4-2-3-5-13-12)11(18)16-6-7-17-9-14-15-10(17)8-16/h9,13H,2-8H2,1H3. The Morgan fingerprint density at radius 3 is 3.11 bits per heavy atom. The van der Waals surface area contributed by atoms with Crippen LogP contribution in [0.3, 0.4) is 0 Å². The number of aromatic nitrogens is 3. The van der Waals surface area contributed by atoms with E-state index in [1.165, 1.54) is 0 Å². The summed E-state index contributed by atoms with van der Waals surface area (Å²) in [5.74, 6) is 1.09. The fourth-order valence-corrected chi connectivity index (χ4v) is 2.83. The van der Waals surface area contributed by atoms with Gasteiger partial charge in [-0.3, -0.25) is 4.79 Å². The van der Waals surface area contributed by atoms with E-state index in [0.717, 1.165) is 44.7 Å². The summed E-state index contributed by atoms with van der Waals surface area (Å²) in [5.41, 5.74) is -0.388. The van der Waals surface area contributed by atoms with E-state index in [0.29, 0.717) is 6.54 Å². The molecule has 2 aliphatic rings. The van der Waals surface area contributed by atoms with Gasteiger partial charge in [-0.25, -0.2) is 0 Å². The first-order chi connectivity index (χ1) is 8.69. The summed E-state index contributed by atoms with van der Waals surface area (Å²) >= 11 is 0. The van der Waals surface area contributed by atoms with E-state index in [4.69, 9.17) is 0 Å². The Morgan fingerprint density at radius 1 is 1.44 bits per heavy atom. The van der Waals surface area contributed by atoms with Crippen LogP contribution in [0.5, 0.6) is 0 Å². The Labute approximate surface area is 106 Å². The summed E-state index contributed by atoms with van der Waals surface area (Å²) in [6.07, 6.45) is 4.95. The van der Waals surface area contributed by atoms with Crippen LogP contribution in [0, 0.1) is 0 Å². The number of hydrogen-bond donors (Lipinski definition) is 1. The van der Waals surface area contributed by atoms with E-state index >= 15 is 0 Å². The molecule has 18 heavy (non-hydrogen) atoms. The largest absolute Gasteiger partial charge is 0.332 e. The molecule has 0 radical (unpaired) electrons. The number of amides is 1. The minimum absolute atomic E-state index is 0.205. The zero-order valence-corrected chi connectivity index (χ0v) is 10.7. The third-order valence-corrected chi connectivity index (χ3v) is 4.02. The highest BCUT2D eigenvalue weighted by Crippen LogP contribution is 2.23. The molecule has 3 rings (SSSR count). The molecule has 0 aromatic carbocycles. The van der Waals surface area contributed by atoms with Crippen molar-refractivity contribution in [3.8, 4) is 0 Å². The normalized spacial score (nSPS) is 27.9. The first-order valence-corrected chi connectivity index (χ1v) is 6.60. The molecule has 1 unspecified atom stereocenters. The highest BCUT2D eigenvalue weighted by molar-refractivity contribution is 5.86. The van der Waals surface area contributed by atoms with Gasteiger partial charge in [0.2, 0.25) is 5.91 Å². The van der Waals surface area contributed by atoms with E-state index in [-0.39, 0.29) is 11.4 Å². The molecule has 0 saturated carbocycles. The molecule has 0 spiro atoms. The minimum atomic E-state index is -0.388. The number of nitrogens with one attached hydrogen (secondary N) is 1. The number of carbonyl (C=O) groups excluding carboxylic acids is 1. The van der Waals surface area contributed by atoms with E-state index < -0.39 is 0 Å². The smallest absolute Gasteiger partial charge is 0.243 e. The molecular formula is C12H19N5O. The predicted octanol–water partition coefficient (Wildman–Crippen LogP) is 0.152. The van der Waals surface area contributed by atoms with Crippen molar-refractivity contribution < 1.29 is 4.79 Å². The maximum atomic E-state index is 12.6. The van der Waals surface area contributed by atoms with Gasteiger partial charge in [-0.1, -0.05) is 0 Å². The third-order valence-electron chi connectivity index (χ3n) is 4.02. The summed E-state index contributed by atoms with van der Waals surface area (Å²) in [5, 5.41) is 11.3. The van der Waals surface area contributed by atoms with Crippen LogP contribution in [0.25, 0.3) is 0 Å². The highest BCUT2D eigenvalue weighted by Gasteiger charge is 2.38. The van der Waals surface area contributed by atoms with E-state index in [9.17, 15) is 4.79 Å². The summed E-state index contributed by atoms with van der Waals surface area (Å²) in [7, 11) is 0. The maximum absolute atomic E-state index is 12.6. The van der Waals surface area contributed by atoms with Gasteiger partial charge in [-0.05, 0) is 32.7 Å². The monoisotopic (exact) mass is 249 g/mol. The maximum Gasteiger partial charge on any atom is 0.243 e. The Morgan fingerprint density at radius 2 is 2.33 bits per heavy atom. The molecule has 1 N–H and O–H groups in total. The lowest BCUT2D eigenvalue weighted by molar-refractivity contribution is -0.140. The molecule has 1 fully saturated rings. The average molecular weight is 249 g/mol. The zero-order valence-electron chi connectivity index (χ0n) is 10.7. The quantitative estimate of drug-likeness (QED) is 0.769. The Kier molecular flexibility index (Phi) is 2.81. The molecule has 1 saturated heterocycles. The van der Waals surface area contributed by atoms with Crippen molar-refractivity contribution in [2.45, 2.75) is 44.8 Å². The van der Waals surface area contributed by atoms with Gasteiger partial charge in [0.05, 0.1) is 12.1 Å². The number of carbonyl (C=O) groups is 1. The van der Waals surface area contributed by atoms with Gasteiger partial charge in [0.15, 0.2) is 5.82 Å². The van der Waals surface area contributed by atoms with Gasteiger partial charge in [-0.2, -0.15) is 0 Å². The van der Waals surface area contributed by atoms with E-state index in [1.54, 1.807) is 6.33 Å². The van der Waals surface area contributed by atoms with Gasteiger partial charge in [-0.15, -0.1) is 10.2 Å². The molecule has 6 heteroatoms. The molecular weight excluding hydrogens is 230 g/mol. The number of piperidine rings is 1. The highest BCUT2D eigenvalue weighted by atomic mass is 16.2. The molecule has 2 aliphatic heterocycles. The first-order valence-electron chi connectivity index (χ1n) is 6.60. The summed E-state index contributed by atoms with van der Waals surface area (Å²) < 4.78 is 2.01. The number of hydrogen-bond acceptors (Lipinski definition) is 4. The topological polar surface area (TPSA) is 63.1 Å². The van der Waals surface area contributed by atoms with Crippen molar-refractivity contribution in [2.24, 2.45) is 0 Å². The van der Waals surface area contributed by atoms with Gasteiger partial charge < -0.3 is 14.8 Å². The van der Waals surface area contributed by atoms with Gasteiger partial charge in [0.1, 0.15) is 6.33 Å². The second kappa shape index (κ2) is 4.35. The predicted molar refractivity (Wildman–Crippen MR) is 65.7 cm³/mol. The summed E-state index contributed by atoms with van der Waals surface area (Å²) in [6.45, 7) is 5.08. The van der Waals surface area contributed by atoms with Crippen LogP contribution in [0.4, 0.5) is 0 Å². The van der Waals surface area contributed by atoms with Crippen molar-refractivity contribution in [1.29, 1.82) is 0 Å². The van der Waals surface area contributed by atoms with E-state index in [1.807, 2.05) is 16.4 Å². The Bertz CT molecular complexity index is 449. The van der Waals surface area contributed by atoms with Crippen LogP contribution in [-0.2, 0) is 17.9 Å². The first kappa shape index (κ1) is 11.6. The lowest BCUT2D eigenvalue weighted by Crippen LogP contribution is -2.58. The van der Waals surface area contributed by atoms with Crippen molar-refractivity contribution in [1.82, 2.24) is 25.0 Å². The lowest BCUT2D eigenvalue weighted by Gasteiger charge is -2.39. The lowest BCUT2D eigenvalue weighted by atomic mass is 9.89. The number of rotatable bonds is 1. The number of nitrogens with zero attached hydrogens (tertiary/aromatic N) is 4. The van der Waals surface area contributed by atoms with E-state index in [2.05, 4.69) is 15.5 Å². The summed E-state index contributed by atoms with van der Waals surface area (Å²) in [6, 6.07) is 0. The average Bonchev–Trinajstić information content (AvgIpc) is 2.86. The number of fused-ring (bicyclic) bond motifs is 1. The second-order valence-electron chi connectivity index (χ2n) is 5.38. The van der Waals surface area contributed by atoms with Crippen molar-refractivity contribution in [3.63, 3.8) is 0 Å².